The predicted molar refractivity (Wildman–Crippen MR) is 122 cm³/mol. The van der Waals surface area contributed by atoms with Gasteiger partial charge < -0.3 is 10.4 Å². The summed E-state index contributed by atoms with van der Waals surface area (Å²) < 4.78 is 0.519. The summed E-state index contributed by atoms with van der Waals surface area (Å²) in [6.07, 6.45) is 3.61. The van der Waals surface area contributed by atoms with Crippen molar-refractivity contribution in [2.24, 2.45) is 0 Å². The Kier molecular flexibility index (Phi) is 7.06. The SMILES string of the molecule is CCc1ccc(C=C2SC(=S)N(CCCC(=O)Nc3ccc(O)cc3)C2=O)cc1. The molecule has 3 rings (SSSR count). The van der Waals surface area contributed by atoms with E-state index in [0.717, 1.165) is 12.0 Å². The molecule has 0 spiro atoms. The van der Waals surface area contributed by atoms with Crippen LogP contribution in [0.25, 0.3) is 6.08 Å². The second-order valence-corrected chi connectivity index (χ2v) is 8.30. The first-order valence-electron chi connectivity index (χ1n) is 9.39. The van der Waals surface area contributed by atoms with Crippen molar-refractivity contribution >= 4 is 51.9 Å². The molecule has 0 atom stereocenters. The molecule has 29 heavy (non-hydrogen) atoms. The monoisotopic (exact) mass is 426 g/mol. The average molecular weight is 427 g/mol. The fourth-order valence-electron chi connectivity index (χ4n) is 2.86. The minimum Gasteiger partial charge on any atom is -0.508 e. The topological polar surface area (TPSA) is 69.6 Å². The molecule has 2 amide bonds. The Bertz CT molecular complexity index is 938. The molecule has 0 saturated carbocycles. The van der Waals surface area contributed by atoms with Crippen molar-refractivity contribution in [3.8, 4) is 5.75 Å². The van der Waals surface area contributed by atoms with Crippen molar-refractivity contribution in [1.82, 2.24) is 4.90 Å². The lowest BCUT2D eigenvalue weighted by Crippen LogP contribution is -2.29. The van der Waals surface area contributed by atoms with Gasteiger partial charge in [-0.05, 0) is 54.3 Å². The number of rotatable bonds is 7. The molecule has 2 aromatic rings. The second kappa shape index (κ2) is 9.71. The van der Waals surface area contributed by atoms with Gasteiger partial charge in [-0.25, -0.2) is 0 Å². The van der Waals surface area contributed by atoms with Crippen LogP contribution >= 0.6 is 24.0 Å². The van der Waals surface area contributed by atoms with E-state index in [1.165, 1.54) is 29.5 Å². The van der Waals surface area contributed by atoms with Gasteiger partial charge in [0.2, 0.25) is 5.91 Å². The summed E-state index contributed by atoms with van der Waals surface area (Å²) >= 11 is 6.64. The zero-order valence-corrected chi connectivity index (χ0v) is 17.7. The number of hydrogen-bond donors (Lipinski definition) is 2. The molecule has 2 aromatic carbocycles. The number of nitrogens with one attached hydrogen (secondary N) is 1. The fourth-order valence-corrected chi connectivity index (χ4v) is 4.17. The van der Waals surface area contributed by atoms with Crippen LogP contribution in [0.2, 0.25) is 0 Å². The smallest absolute Gasteiger partial charge is 0.266 e. The molecule has 1 saturated heterocycles. The summed E-state index contributed by atoms with van der Waals surface area (Å²) in [7, 11) is 0. The van der Waals surface area contributed by atoms with Crippen molar-refractivity contribution in [1.29, 1.82) is 0 Å². The van der Waals surface area contributed by atoms with Gasteiger partial charge in [-0.1, -0.05) is 55.2 Å². The number of nitrogens with zero attached hydrogens (tertiary/aromatic N) is 1. The third-order valence-corrected chi connectivity index (χ3v) is 5.87. The Morgan fingerprint density at radius 2 is 1.86 bits per heavy atom. The molecular formula is C22H22N2O3S2. The fraction of sp³-hybridized carbons (Fsp3) is 0.227. The Labute approximate surface area is 179 Å². The number of amides is 2. The third kappa shape index (κ3) is 5.68. The molecule has 0 unspecified atom stereocenters. The molecule has 1 aliphatic rings. The molecule has 5 nitrogen and oxygen atoms in total. The maximum absolute atomic E-state index is 12.7. The summed E-state index contributed by atoms with van der Waals surface area (Å²) in [5.41, 5.74) is 2.84. The van der Waals surface area contributed by atoms with Crippen molar-refractivity contribution < 1.29 is 14.7 Å². The number of thiocarbonyl (C=S) groups is 1. The van der Waals surface area contributed by atoms with Gasteiger partial charge in [0.05, 0.1) is 4.91 Å². The maximum Gasteiger partial charge on any atom is 0.266 e. The average Bonchev–Trinajstić information content (AvgIpc) is 2.97. The van der Waals surface area contributed by atoms with E-state index in [1.54, 1.807) is 17.0 Å². The Hall–Kier alpha value is -2.64. The Morgan fingerprint density at radius 3 is 2.52 bits per heavy atom. The van der Waals surface area contributed by atoms with Crippen LogP contribution in [0.4, 0.5) is 5.69 Å². The minimum absolute atomic E-state index is 0.112. The largest absolute Gasteiger partial charge is 0.508 e. The van der Waals surface area contributed by atoms with Gasteiger partial charge in [-0.2, -0.15) is 0 Å². The van der Waals surface area contributed by atoms with Gasteiger partial charge >= 0.3 is 0 Å². The first-order chi connectivity index (χ1) is 14.0. The van der Waals surface area contributed by atoms with Crippen LogP contribution in [0.1, 0.15) is 30.9 Å². The zero-order chi connectivity index (χ0) is 20.8. The van der Waals surface area contributed by atoms with Crippen LogP contribution in [0.15, 0.2) is 53.4 Å². The van der Waals surface area contributed by atoms with E-state index in [9.17, 15) is 14.7 Å². The highest BCUT2D eigenvalue weighted by atomic mass is 32.2. The van der Waals surface area contributed by atoms with Crippen LogP contribution in [0.5, 0.6) is 5.75 Å². The van der Waals surface area contributed by atoms with Crippen molar-refractivity contribution in [3.63, 3.8) is 0 Å². The van der Waals surface area contributed by atoms with E-state index >= 15 is 0 Å². The second-order valence-electron chi connectivity index (χ2n) is 6.63. The number of carbonyl (C=O) groups excluding carboxylic acids is 2. The number of phenolic OH excluding ortho intramolecular Hbond substituents is 1. The van der Waals surface area contributed by atoms with Gasteiger partial charge in [0.1, 0.15) is 10.1 Å². The highest BCUT2D eigenvalue weighted by Crippen LogP contribution is 2.32. The summed E-state index contributed by atoms with van der Waals surface area (Å²) in [5.74, 6) is -0.113. The summed E-state index contributed by atoms with van der Waals surface area (Å²) in [6, 6.07) is 14.4. The summed E-state index contributed by atoms with van der Waals surface area (Å²) in [6.45, 7) is 2.50. The number of hydrogen-bond acceptors (Lipinski definition) is 5. The predicted octanol–water partition coefficient (Wildman–Crippen LogP) is 4.57. The van der Waals surface area contributed by atoms with Crippen LogP contribution < -0.4 is 5.32 Å². The molecule has 0 aromatic heterocycles. The van der Waals surface area contributed by atoms with Crippen LogP contribution in [-0.2, 0) is 16.0 Å². The Balaban J connectivity index is 1.52. The lowest BCUT2D eigenvalue weighted by Gasteiger charge is -2.14. The quantitative estimate of drug-likeness (QED) is 0.385. The standard InChI is InChI=1S/C22H22N2O3S2/c1-2-15-5-7-16(8-6-15)14-19-21(27)24(22(28)29-19)13-3-4-20(26)23-17-9-11-18(25)12-10-17/h5-12,14,25H,2-4,13H2,1H3,(H,23,26). The number of benzene rings is 2. The number of phenols is 1. The third-order valence-electron chi connectivity index (χ3n) is 4.50. The lowest BCUT2D eigenvalue weighted by molar-refractivity contribution is -0.122. The van der Waals surface area contributed by atoms with Crippen LogP contribution in [-0.4, -0.2) is 32.7 Å². The maximum atomic E-state index is 12.7. The number of aromatic hydroxyl groups is 1. The van der Waals surface area contributed by atoms with Crippen molar-refractivity contribution in [3.05, 3.63) is 64.6 Å². The van der Waals surface area contributed by atoms with Crippen molar-refractivity contribution in [2.75, 3.05) is 11.9 Å². The molecule has 1 aliphatic heterocycles. The number of anilines is 1. The van der Waals surface area contributed by atoms with E-state index < -0.39 is 0 Å². The van der Waals surface area contributed by atoms with Gasteiger partial charge in [0.15, 0.2) is 0 Å². The zero-order valence-electron chi connectivity index (χ0n) is 16.1. The summed E-state index contributed by atoms with van der Waals surface area (Å²) in [4.78, 5) is 26.9. The Morgan fingerprint density at radius 1 is 1.17 bits per heavy atom. The molecule has 0 radical (unpaired) electrons. The molecule has 2 N–H and O–H groups in total. The first kappa shape index (κ1) is 21.1. The number of aryl methyl sites for hydroxylation is 1. The normalized spacial score (nSPS) is 15.2. The van der Waals surface area contributed by atoms with E-state index in [4.69, 9.17) is 12.2 Å². The summed E-state index contributed by atoms with van der Waals surface area (Å²) in [5, 5.41) is 12.0. The molecule has 150 valence electrons. The van der Waals surface area contributed by atoms with Crippen LogP contribution in [0, 0.1) is 0 Å². The highest BCUT2D eigenvalue weighted by Gasteiger charge is 2.31. The molecule has 1 fully saturated rings. The lowest BCUT2D eigenvalue weighted by atomic mass is 10.1. The molecule has 0 bridgehead atoms. The minimum atomic E-state index is -0.146. The first-order valence-corrected chi connectivity index (χ1v) is 10.6. The van der Waals surface area contributed by atoms with E-state index in [2.05, 4.69) is 24.4 Å². The van der Waals surface area contributed by atoms with Gasteiger partial charge in [-0.3, -0.25) is 14.5 Å². The van der Waals surface area contributed by atoms with E-state index in [-0.39, 0.29) is 24.0 Å². The van der Waals surface area contributed by atoms with E-state index in [0.29, 0.717) is 27.9 Å². The molecule has 0 aliphatic carbocycles. The van der Waals surface area contributed by atoms with Gasteiger partial charge in [0.25, 0.3) is 5.91 Å². The number of thioether (sulfide) groups is 1. The molecule has 7 heteroatoms. The molecular weight excluding hydrogens is 404 g/mol. The van der Waals surface area contributed by atoms with Gasteiger partial charge in [-0.15, -0.1) is 0 Å². The van der Waals surface area contributed by atoms with Crippen LogP contribution in [0.3, 0.4) is 0 Å². The number of carbonyl (C=O) groups is 2. The molecule has 1 heterocycles. The van der Waals surface area contributed by atoms with Crippen molar-refractivity contribution in [2.45, 2.75) is 26.2 Å². The highest BCUT2D eigenvalue weighted by molar-refractivity contribution is 8.26. The van der Waals surface area contributed by atoms with Gasteiger partial charge in [0, 0.05) is 18.7 Å². The van der Waals surface area contributed by atoms with E-state index in [1.807, 2.05) is 18.2 Å².